The number of carbonyl (C=O) groups excluding carboxylic acids is 1. The summed E-state index contributed by atoms with van der Waals surface area (Å²) in [5.41, 5.74) is 3.38. The van der Waals surface area contributed by atoms with Gasteiger partial charge >= 0.3 is 6.01 Å². The van der Waals surface area contributed by atoms with Crippen LogP contribution in [0.5, 0.6) is 0 Å². The standard InChI is InChI=1S/C18H17N7O3S/c1-10-13(14(26)22-17-25-19-9-29-17)18(6-7-27-8-18)24-15(20-10)23-16-21-11-4-2-3-5-12(11)28-16/h2-5,9H,6-8H2,1H3,(H,22,25,26)(H2,20,21,23,24). The number of guanidine groups is 1. The number of fused-ring (bicyclic) bond motifs is 1. The van der Waals surface area contributed by atoms with Crippen LogP contribution in [0.3, 0.4) is 0 Å². The minimum atomic E-state index is -0.793. The Morgan fingerprint density at radius 2 is 2.24 bits per heavy atom. The van der Waals surface area contributed by atoms with Crippen LogP contribution in [-0.2, 0) is 9.53 Å². The van der Waals surface area contributed by atoms with Crippen molar-refractivity contribution in [2.24, 2.45) is 4.99 Å². The number of oxazole rings is 1. The van der Waals surface area contributed by atoms with E-state index >= 15 is 0 Å². The molecule has 0 aliphatic carbocycles. The molecule has 2 aliphatic rings. The van der Waals surface area contributed by atoms with Crippen molar-refractivity contribution in [2.75, 3.05) is 23.8 Å². The second kappa shape index (κ2) is 6.94. The molecule has 3 aromatic rings. The minimum absolute atomic E-state index is 0.276. The van der Waals surface area contributed by atoms with Crippen molar-refractivity contribution >= 4 is 45.4 Å². The Morgan fingerprint density at radius 3 is 3.00 bits per heavy atom. The fourth-order valence-corrected chi connectivity index (χ4v) is 4.02. The van der Waals surface area contributed by atoms with Gasteiger partial charge in [-0.3, -0.25) is 15.4 Å². The van der Waals surface area contributed by atoms with Crippen molar-refractivity contribution in [3.63, 3.8) is 0 Å². The SMILES string of the molecule is CC1=C(C(=O)Nc2nncs2)C2(CCOC2)N=C(Nc2nc3ccccc3o2)N1. The second-order valence-corrected chi connectivity index (χ2v) is 7.56. The molecule has 3 N–H and O–H groups in total. The van der Waals surface area contributed by atoms with E-state index < -0.39 is 5.54 Å². The van der Waals surface area contributed by atoms with Gasteiger partial charge < -0.3 is 14.5 Å². The Morgan fingerprint density at radius 1 is 1.34 bits per heavy atom. The number of nitrogens with zero attached hydrogens (tertiary/aromatic N) is 4. The highest BCUT2D eigenvalue weighted by atomic mass is 32.1. The Bertz CT molecular complexity index is 1100. The normalized spacial score (nSPS) is 21.3. The zero-order chi connectivity index (χ0) is 19.8. The van der Waals surface area contributed by atoms with Crippen LogP contribution in [0.4, 0.5) is 11.1 Å². The molecule has 1 atom stereocenters. The molecule has 0 radical (unpaired) electrons. The Balaban J connectivity index is 1.44. The number of hydrogen-bond acceptors (Lipinski definition) is 10. The highest BCUT2D eigenvalue weighted by Gasteiger charge is 2.46. The van der Waals surface area contributed by atoms with Crippen molar-refractivity contribution in [3.05, 3.63) is 41.0 Å². The van der Waals surface area contributed by atoms with E-state index in [-0.39, 0.29) is 5.91 Å². The summed E-state index contributed by atoms with van der Waals surface area (Å²) in [6, 6.07) is 7.81. The molecule has 1 amide bonds. The van der Waals surface area contributed by atoms with Crippen molar-refractivity contribution in [1.82, 2.24) is 20.5 Å². The molecule has 5 rings (SSSR count). The lowest BCUT2D eigenvalue weighted by atomic mass is 9.86. The van der Waals surface area contributed by atoms with E-state index in [9.17, 15) is 4.79 Å². The molecule has 1 spiro atoms. The maximum atomic E-state index is 13.0. The van der Waals surface area contributed by atoms with Crippen LogP contribution in [0, 0.1) is 0 Å². The number of amides is 1. The number of carbonyl (C=O) groups is 1. The van der Waals surface area contributed by atoms with Gasteiger partial charge in [0.1, 0.15) is 16.6 Å². The van der Waals surface area contributed by atoms with Gasteiger partial charge in [-0.15, -0.1) is 10.2 Å². The molecule has 0 bridgehead atoms. The lowest BCUT2D eigenvalue weighted by Crippen LogP contribution is -2.47. The highest BCUT2D eigenvalue weighted by molar-refractivity contribution is 7.13. The number of anilines is 2. The topological polar surface area (TPSA) is 127 Å². The van der Waals surface area contributed by atoms with E-state index in [1.54, 1.807) is 5.51 Å². The molecule has 11 heteroatoms. The molecule has 2 aromatic heterocycles. The van der Waals surface area contributed by atoms with Crippen molar-refractivity contribution in [3.8, 4) is 0 Å². The molecular formula is C18H17N7O3S. The van der Waals surface area contributed by atoms with E-state index in [2.05, 4.69) is 31.1 Å². The van der Waals surface area contributed by atoms with E-state index in [1.165, 1.54) is 11.3 Å². The molecular weight excluding hydrogens is 394 g/mol. The summed E-state index contributed by atoms with van der Waals surface area (Å²) in [5.74, 6) is 0.175. The Kier molecular flexibility index (Phi) is 4.25. The number of aliphatic imine (C=N–C) groups is 1. The van der Waals surface area contributed by atoms with Gasteiger partial charge in [0.25, 0.3) is 5.91 Å². The average molecular weight is 411 g/mol. The van der Waals surface area contributed by atoms with Gasteiger partial charge in [-0.25, -0.2) is 4.99 Å². The number of hydrogen-bond donors (Lipinski definition) is 3. The minimum Gasteiger partial charge on any atom is -0.423 e. The van der Waals surface area contributed by atoms with Crippen molar-refractivity contribution < 1.29 is 13.9 Å². The molecule has 10 nitrogen and oxygen atoms in total. The number of para-hydroxylation sites is 2. The van der Waals surface area contributed by atoms with E-state index in [1.807, 2.05) is 31.2 Å². The fourth-order valence-electron chi connectivity index (χ4n) is 3.58. The van der Waals surface area contributed by atoms with Gasteiger partial charge in [0.05, 0.1) is 12.2 Å². The zero-order valence-corrected chi connectivity index (χ0v) is 16.2. The van der Waals surface area contributed by atoms with E-state index in [4.69, 9.17) is 14.1 Å². The Hall–Kier alpha value is -3.31. The fraction of sp³-hybridized carbons (Fsp3) is 0.278. The van der Waals surface area contributed by atoms with Crippen LogP contribution in [0.25, 0.3) is 11.1 Å². The number of allylic oxidation sites excluding steroid dienone is 1. The van der Waals surface area contributed by atoms with Crippen LogP contribution >= 0.6 is 11.3 Å². The largest absolute Gasteiger partial charge is 0.423 e. The average Bonchev–Trinajstić information content (AvgIpc) is 3.42. The van der Waals surface area contributed by atoms with Gasteiger partial charge in [0.2, 0.25) is 11.1 Å². The van der Waals surface area contributed by atoms with Gasteiger partial charge in [-0.05, 0) is 19.1 Å². The molecule has 29 heavy (non-hydrogen) atoms. The number of ether oxygens (including phenoxy) is 1. The molecule has 1 aromatic carbocycles. The zero-order valence-electron chi connectivity index (χ0n) is 15.4. The van der Waals surface area contributed by atoms with Crippen LogP contribution in [0.1, 0.15) is 13.3 Å². The number of benzene rings is 1. The first-order valence-corrected chi connectivity index (χ1v) is 9.87. The molecule has 2 aliphatic heterocycles. The van der Waals surface area contributed by atoms with E-state index in [0.29, 0.717) is 53.6 Å². The number of rotatable bonds is 3. The smallest absolute Gasteiger partial charge is 0.302 e. The maximum absolute atomic E-state index is 13.0. The first-order chi connectivity index (χ1) is 14.1. The van der Waals surface area contributed by atoms with Gasteiger partial charge in [0.15, 0.2) is 5.58 Å². The van der Waals surface area contributed by atoms with Gasteiger partial charge in [-0.2, -0.15) is 4.98 Å². The molecule has 4 heterocycles. The summed E-state index contributed by atoms with van der Waals surface area (Å²) < 4.78 is 11.3. The van der Waals surface area contributed by atoms with E-state index in [0.717, 1.165) is 5.52 Å². The summed E-state index contributed by atoms with van der Waals surface area (Å²) in [6.07, 6.45) is 0.587. The van der Waals surface area contributed by atoms with Crippen molar-refractivity contribution in [1.29, 1.82) is 0 Å². The quantitative estimate of drug-likeness (QED) is 0.598. The first-order valence-electron chi connectivity index (χ1n) is 8.99. The molecule has 1 unspecified atom stereocenters. The number of nitrogens with one attached hydrogen (secondary N) is 3. The summed E-state index contributed by atoms with van der Waals surface area (Å²) in [5, 5.41) is 17.1. The van der Waals surface area contributed by atoms with Crippen molar-refractivity contribution in [2.45, 2.75) is 18.9 Å². The van der Waals surface area contributed by atoms with Crippen LogP contribution in [0.2, 0.25) is 0 Å². The lowest BCUT2D eigenvalue weighted by Gasteiger charge is -2.32. The molecule has 1 saturated heterocycles. The van der Waals surface area contributed by atoms with Crippen LogP contribution in [-0.4, -0.2) is 45.8 Å². The maximum Gasteiger partial charge on any atom is 0.302 e. The predicted octanol–water partition coefficient (Wildman–Crippen LogP) is 2.12. The van der Waals surface area contributed by atoms with Gasteiger partial charge in [-0.1, -0.05) is 23.5 Å². The van der Waals surface area contributed by atoms with Gasteiger partial charge in [0, 0.05) is 18.7 Å². The Labute approximate surface area is 169 Å². The van der Waals surface area contributed by atoms with Crippen LogP contribution in [0.15, 0.2) is 50.5 Å². The highest BCUT2D eigenvalue weighted by Crippen LogP contribution is 2.36. The third-order valence-electron chi connectivity index (χ3n) is 4.80. The third kappa shape index (κ3) is 3.23. The molecule has 148 valence electrons. The monoisotopic (exact) mass is 411 g/mol. The van der Waals surface area contributed by atoms with Crippen LogP contribution < -0.4 is 16.0 Å². The summed E-state index contributed by atoms with van der Waals surface area (Å²) in [7, 11) is 0. The third-order valence-corrected chi connectivity index (χ3v) is 5.41. The summed E-state index contributed by atoms with van der Waals surface area (Å²) in [4.78, 5) is 22.2. The summed E-state index contributed by atoms with van der Waals surface area (Å²) in [6.45, 7) is 2.66. The lowest BCUT2D eigenvalue weighted by molar-refractivity contribution is -0.113. The molecule has 0 saturated carbocycles. The number of aromatic nitrogens is 3. The first kappa shape index (κ1) is 17.8. The molecule has 1 fully saturated rings. The second-order valence-electron chi connectivity index (χ2n) is 6.73. The summed E-state index contributed by atoms with van der Waals surface area (Å²) >= 11 is 1.25. The predicted molar refractivity (Wildman–Crippen MR) is 108 cm³/mol.